The molecule has 0 unspecified atom stereocenters. The summed E-state index contributed by atoms with van der Waals surface area (Å²) in [7, 11) is 4.71. The molecule has 0 aliphatic heterocycles. The van der Waals surface area contributed by atoms with Gasteiger partial charge in [-0.05, 0) is 23.3 Å². The Kier molecular flexibility index (Phi) is 7.58. The van der Waals surface area contributed by atoms with Gasteiger partial charge in [-0.25, -0.2) is 4.98 Å². The monoisotopic (exact) mass is 526 g/mol. The Hall–Kier alpha value is -5.24. The fraction of sp³-hybridized carbons (Fsp3) is 0.214. The lowest BCUT2D eigenvalue weighted by molar-refractivity contribution is 0.0827. The van der Waals surface area contributed by atoms with Crippen LogP contribution < -0.4 is 10.9 Å². The molecule has 2 heterocycles. The van der Waals surface area contributed by atoms with Crippen molar-refractivity contribution in [2.24, 2.45) is 7.05 Å². The molecule has 198 valence electrons. The van der Waals surface area contributed by atoms with Crippen LogP contribution in [-0.4, -0.2) is 50.6 Å². The molecule has 2 N–H and O–H groups in total. The van der Waals surface area contributed by atoms with Crippen LogP contribution in [0.25, 0.3) is 0 Å². The highest BCUT2D eigenvalue weighted by Crippen LogP contribution is 2.39. The number of amides is 2. The van der Waals surface area contributed by atoms with Gasteiger partial charge in [0.15, 0.2) is 5.69 Å². The standard InChI is InChI=1S/C28H26N6O5/c1-16(25-32-23(24(35)28(38)34(25)4)26(36)31-20-14-30-39-15-20)22(17-8-6-5-7-9-17)21-11-10-18(12-19(21)13-29)27(37)33(2)3/h5-12,14-16,22,35H,1-4H3,(H,31,36)/t16-,22+/m1/s1. The van der Waals surface area contributed by atoms with E-state index in [4.69, 9.17) is 4.52 Å². The topological polar surface area (TPSA) is 154 Å². The van der Waals surface area contributed by atoms with Crippen LogP contribution in [0.15, 0.2) is 70.3 Å². The van der Waals surface area contributed by atoms with Gasteiger partial charge in [0.25, 0.3) is 17.4 Å². The number of nitrogens with one attached hydrogen (secondary N) is 1. The number of aromatic nitrogens is 3. The minimum absolute atomic E-state index is 0.208. The lowest BCUT2D eigenvalue weighted by atomic mass is 9.79. The number of anilines is 1. The van der Waals surface area contributed by atoms with Gasteiger partial charge in [0.05, 0.1) is 17.8 Å². The summed E-state index contributed by atoms with van der Waals surface area (Å²) < 4.78 is 5.89. The van der Waals surface area contributed by atoms with Gasteiger partial charge in [0.1, 0.15) is 17.8 Å². The smallest absolute Gasteiger partial charge is 0.296 e. The third-order valence-electron chi connectivity index (χ3n) is 6.43. The lowest BCUT2D eigenvalue weighted by Crippen LogP contribution is -2.29. The molecular weight excluding hydrogens is 500 g/mol. The molecule has 2 amide bonds. The largest absolute Gasteiger partial charge is 0.501 e. The number of nitriles is 1. The Bertz CT molecular complexity index is 1620. The molecule has 2 aromatic carbocycles. The number of rotatable bonds is 7. The second-order valence-electron chi connectivity index (χ2n) is 9.19. The van der Waals surface area contributed by atoms with Crippen LogP contribution in [0.1, 0.15) is 62.1 Å². The van der Waals surface area contributed by atoms with Crippen molar-refractivity contribution in [3.63, 3.8) is 0 Å². The zero-order valence-corrected chi connectivity index (χ0v) is 21.7. The number of nitrogens with zero attached hydrogens (tertiary/aromatic N) is 5. The fourth-order valence-corrected chi connectivity index (χ4v) is 4.49. The van der Waals surface area contributed by atoms with Gasteiger partial charge < -0.3 is 19.8 Å². The summed E-state index contributed by atoms with van der Waals surface area (Å²) in [6.45, 7) is 1.82. The van der Waals surface area contributed by atoms with Gasteiger partial charge in [-0.15, -0.1) is 0 Å². The molecule has 11 heteroatoms. The third kappa shape index (κ3) is 5.26. The molecular formula is C28H26N6O5. The molecule has 39 heavy (non-hydrogen) atoms. The first-order chi connectivity index (χ1) is 18.6. The molecule has 4 rings (SSSR count). The first-order valence-electron chi connectivity index (χ1n) is 11.9. The number of carbonyl (C=O) groups excluding carboxylic acids is 2. The first-order valence-corrected chi connectivity index (χ1v) is 11.9. The molecule has 0 fully saturated rings. The Morgan fingerprint density at radius 3 is 2.51 bits per heavy atom. The van der Waals surface area contributed by atoms with E-state index in [2.05, 4.69) is 21.5 Å². The SMILES string of the molecule is C[C@@H](c1nc(C(=O)Nc2cnoc2)c(O)c(=O)n1C)[C@@H](c1ccccc1)c1ccc(C(=O)N(C)C)cc1C#N. The van der Waals surface area contributed by atoms with Gasteiger partial charge in [0, 0.05) is 38.5 Å². The maximum atomic E-state index is 13.0. The Balaban J connectivity index is 1.87. The average molecular weight is 527 g/mol. The average Bonchev–Trinajstić information content (AvgIpc) is 3.45. The van der Waals surface area contributed by atoms with Crippen molar-refractivity contribution in [3.8, 4) is 11.8 Å². The maximum absolute atomic E-state index is 13.0. The Morgan fingerprint density at radius 1 is 1.18 bits per heavy atom. The zero-order chi connectivity index (χ0) is 28.3. The highest BCUT2D eigenvalue weighted by atomic mass is 16.5. The third-order valence-corrected chi connectivity index (χ3v) is 6.43. The van der Waals surface area contributed by atoms with Gasteiger partial charge in [-0.3, -0.25) is 19.0 Å². The van der Waals surface area contributed by atoms with E-state index < -0.39 is 34.7 Å². The van der Waals surface area contributed by atoms with E-state index in [0.29, 0.717) is 11.1 Å². The zero-order valence-electron chi connectivity index (χ0n) is 21.7. The van der Waals surface area contributed by atoms with Crippen LogP contribution in [0, 0.1) is 11.3 Å². The normalized spacial score (nSPS) is 12.3. The maximum Gasteiger partial charge on any atom is 0.296 e. The van der Waals surface area contributed by atoms with Crippen molar-refractivity contribution in [1.82, 2.24) is 19.6 Å². The molecule has 0 saturated heterocycles. The second kappa shape index (κ2) is 11.0. The quantitative estimate of drug-likeness (QED) is 0.372. The summed E-state index contributed by atoms with van der Waals surface area (Å²) in [4.78, 5) is 44.3. The van der Waals surface area contributed by atoms with Crippen LogP contribution in [0.4, 0.5) is 5.69 Å². The van der Waals surface area contributed by atoms with E-state index in [-0.39, 0.29) is 23.0 Å². The minimum atomic E-state index is -0.817. The predicted octanol–water partition coefficient (Wildman–Crippen LogP) is 3.24. The van der Waals surface area contributed by atoms with E-state index in [1.165, 1.54) is 29.0 Å². The fourth-order valence-electron chi connectivity index (χ4n) is 4.49. The number of hydrogen-bond donors (Lipinski definition) is 2. The summed E-state index contributed by atoms with van der Waals surface area (Å²) in [5.41, 5.74) is 1.06. The van der Waals surface area contributed by atoms with Gasteiger partial charge in [-0.2, -0.15) is 5.26 Å². The highest BCUT2D eigenvalue weighted by Gasteiger charge is 2.31. The molecule has 2 atom stereocenters. The molecule has 11 nitrogen and oxygen atoms in total. The summed E-state index contributed by atoms with van der Waals surface area (Å²) >= 11 is 0. The van der Waals surface area contributed by atoms with Crippen LogP contribution in [0.3, 0.4) is 0 Å². The van der Waals surface area contributed by atoms with E-state index in [9.17, 15) is 24.8 Å². The number of benzene rings is 2. The minimum Gasteiger partial charge on any atom is -0.501 e. The van der Waals surface area contributed by atoms with Crippen LogP contribution in [0.5, 0.6) is 5.75 Å². The first kappa shape index (κ1) is 26.8. The van der Waals surface area contributed by atoms with E-state index >= 15 is 0 Å². The molecule has 4 aromatic rings. The molecule has 0 aliphatic rings. The van der Waals surface area contributed by atoms with Crippen molar-refractivity contribution >= 4 is 17.5 Å². The number of hydrogen-bond acceptors (Lipinski definition) is 8. The Morgan fingerprint density at radius 2 is 1.90 bits per heavy atom. The molecule has 0 aliphatic carbocycles. The van der Waals surface area contributed by atoms with Gasteiger partial charge >= 0.3 is 0 Å². The number of carbonyl (C=O) groups is 2. The predicted molar refractivity (Wildman–Crippen MR) is 141 cm³/mol. The van der Waals surface area contributed by atoms with Crippen molar-refractivity contribution in [2.45, 2.75) is 18.8 Å². The molecule has 2 aromatic heterocycles. The van der Waals surface area contributed by atoms with E-state index in [1.54, 1.807) is 32.3 Å². The molecule has 0 bridgehead atoms. The second-order valence-corrected chi connectivity index (χ2v) is 9.19. The molecule has 0 saturated carbocycles. The molecule has 0 spiro atoms. The van der Waals surface area contributed by atoms with Crippen molar-refractivity contribution < 1.29 is 19.2 Å². The summed E-state index contributed by atoms with van der Waals surface area (Å²) in [6.07, 6.45) is 2.46. The van der Waals surface area contributed by atoms with Gasteiger partial charge in [-0.1, -0.05) is 48.5 Å². The van der Waals surface area contributed by atoms with Crippen LogP contribution >= 0.6 is 0 Å². The van der Waals surface area contributed by atoms with E-state index in [0.717, 1.165) is 5.56 Å². The summed E-state index contributed by atoms with van der Waals surface area (Å²) in [5.74, 6) is -2.71. The summed E-state index contributed by atoms with van der Waals surface area (Å²) in [5, 5.41) is 26.5. The Labute approximate surface area is 223 Å². The van der Waals surface area contributed by atoms with Crippen molar-refractivity contribution in [3.05, 3.63) is 105 Å². The van der Waals surface area contributed by atoms with Crippen LogP contribution in [0.2, 0.25) is 0 Å². The van der Waals surface area contributed by atoms with Crippen molar-refractivity contribution in [1.29, 1.82) is 5.26 Å². The van der Waals surface area contributed by atoms with Crippen molar-refractivity contribution in [2.75, 3.05) is 19.4 Å². The lowest BCUT2D eigenvalue weighted by Gasteiger charge is -2.27. The molecule has 0 radical (unpaired) electrons. The highest BCUT2D eigenvalue weighted by molar-refractivity contribution is 6.04. The van der Waals surface area contributed by atoms with Gasteiger partial charge in [0.2, 0.25) is 5.75 Å². The summed E-state index contributed by atoms with van der Waals surface area (Å²) in [6, 6.07) is 16.5. The van der Waals surface area contributed by atoms with E-state index in [1.807, 2.05) is 37.3 Å². The number of aromatic hydroxyl groups is 1. The van der Waals surface area contributed by atoms with Crippen LogP contribution in [-0.2, 0) is 7.05 Å².